The Morgan fingerprint density at radius 3 is 2.69 bits per heavy atom. The van der Waals surface area contributed by atoms with Crippen LogP contribution < -0.4 is 10.7 Å². The zero-order valence-corrected chi connectivity index (χ0v) is 15.6. The minimum absolute atomic E-state index is 0.229. The van der Waals surface area contributed by atoms with Crippen LogP contribution >= 0.6 is 0 Å². The quantitative estimate of drug-likeness (QED) is 0.355. The molecule has 0 radical (unpaired) electrons. The highest BCUT2D eigenvalue weighted by atomic mass is 16.3. The molecule has 0 bridgehead atoms. The standard InChI is InChI=1S/C22H18N4O3/c1-14(25-26-21(27)18-13-23-19-9-3-2-8-17(18)19)15-6-4-7-16(12-15)24-22(28)20-10-5-11-29-20/h2-13,23H,1H3,(H,24,28)(H,26,27). The number of carbonyl (C=O) groups is 2. The van der Waals surface area contributed by atoms with Crippen molar-refractivity contribution >= 4 is 34.1 Å². The maximum Gasteiger partial charge on any atom is 0.291 e. The summed E-state index contributed by atoms with van der Waals surface area (Å²) in [7, 11) is 0. The van der Waals surface area contributed by atoms with Gasteiger partial charge in [0, 0.05) is 22.8 Å². The lowest BCUT2D eigenvalue weighted by Crippen LogP contribution is -2.19. The van der Waals surface area contributed by atoms with Crippen LogP contribution in [0.15, 0.2) is 82.6 Å². The Morgan fingerprint density at radius 2 is 1.86 bits per heavy atom. The van der Waals surface area contributed by atoms with E-state index in [2.05, 4.69) is 20.8 Å². The van der Waals surface area contributed by atoms with Gasteiger partial charge in [-0.2, -0.15) is 5.10 Å². The van der Waals surface area contributed by atoms with Gasteiger partial charge >= 0.3 is 0 Å². The molecule has 2 aromatic carbocycles. The SMILES string of the molecule is CC(=NNC(=O)c1c[nH]c2ccccc12)c1cccc(NC(=O)c2ccco2)c1. The number of aromatic nitrogens is 1. The van der Waals surface area contributed by atoms with Gasteiger partial charge in [-0.25, -0.2) is 5.43 Å². The summed E-state index contributed by atoms with van der Waals surface area (Å²) >= 11 is 0. The van der Waals surface area contributed by atoms with E-state index in [1.807, 2.05) is 30.3 Å². The molecular weight excluding hydrogens is 368 g/mol. The number of anilines is 1. The average Bonchev–Trinajstić information content (AvgIpc) is 3.42. The molecule has 2 heterocycles. The molecular formula is C22H18N4O3. The molecule has 4 aromatic rings. The summed E-state index contributed by atoms with van der Waals surface area (Å²) in [5.74, 6) is -0.412. The van der Waals surface area contributed by atoms with Crippen LogP contribution in [0.25, 0.3) is 10.9 Å². The summed E-state index contributed by atoms with van der Waals surface area (Å²) in [6.45, 7) is 1.78. The maximum atomic E-state index is 12.5. The third kappa shape index (κ3) is 3.93. The molecule has 0 aliphatic rings. The number of H-pyrrole nitrogens is 1. The fourth-order valence-corrected chi connectivity index (χ4v) is 2.94. The molecule has 0 atom stereocenters. The maximum absolute atomic E-state index is 12.5. The lowest BCUT2D eigenvalue weighted by Gasteiger charge is -2.07. The number of rotatable bonds is 5. The number of hydrazone groups is 1. The average molecular weight is 386 g/mol. The van der Waals surface area contributed by atoms with E-state index in [0.717, 1.165) is 16.5 Å². The number of fused-ring (bicyclic) bond motifs is 1. The first kappa shape index (κ1) is 18.2. The Kier molecular flexibility index (Phi) is 4.94. The highest BCUT2D eigenvalue weighted by molar-refractivity contribution is 6.08. The third-order valence-corrected chi connectivity index (χ3v) is 4.44. The van der Waals surface area contributed by atoms with Crippen molar-refractivity contribution in [1.82, 2.24) is 10.4 Å². The number of hydrogen-bond acceptors (Lipinski definition) is 4. The number of benzene rings is 2. The van der Waals surface area contributed by atoms with Crippen molar-refractivity contribution in [2.24, 2.45) is 5.10 Å². The molecule has 3 N–H and O–H groups in total. The number of furan rings is 1. The number of hydrogen-bond donors (Lipinski definition) is 3. The van der Waals surface area contributed by atoms with E-state index in [1.54, 1.807) is 43.5 Å². The molecule has 2 amide bonds. The van der Waals surface area contributed by atoms with Crippen LogP contribution in [-0.4, -0.2) is 22.5 Å². The molecule has 7 heteroatoms. The molecule has 4 rings (SSSR count). The van der Waals surface area contributed by atoms with Gasteiger partial charge in [0.05, 0.1) is 17.5 Å². The molecule has 0 unspecified atom stereocenters. The zero-order valence-electron chi connectivity index (χ0n) is 15.6. The van der Waals surface area contributed by atoms with Crippen molar-refractivity contribution in [1.29, 1.82) is 0 Å². The van der Waals surface area contributed by atoms with E-state index in [-0.39, 0.29) is 17.6 Å². The second-order valence-corrected chi connectivity index (χ2v) is 6.40. The molecule has 2 aromatic heterocycles. The van der Waals surface area contributed by atoms with Gasteiger partial charge in [-0.15, -0.1) is 0 Å². The van der Waals surface area contributed by atoms with E-state index in [9.17, 15) is 9.59 Å². The first-order chi connectivity index (χ1) is 14.1. The lowest BCUT2D eigenvalue weighted by molar-refractivity contribution is 0.0955. The monoisotopic (exact) mass is 386 g/mol. The highest BCUT2D eigenvalue weighted by Crippen LogP contribution is 2.17. The number of para-hydroxylation sites is 1. The van der Waals surface area contributed by atoms with Crippen LogP contribution in [0, 0.1) is 0 Å². The number of nitrogens with one attached hydrogen (secondary N) is 3. The van der Waals surface area contributed by atoms with Gasteiger partial charge < -0.3 is 14.7 Å². The second kappa shape index (κ2) is 7.85. The van der Waals surface area contributed by atoms with Crippen LogP contribution in [0.5, 0.6) is 0 Å². The molecule has 7 nitrogen and oxygen atoms in total. The van der Waals surface area contributed by atoms with E-state index >= 15 is 0 Å². The summed E-state index contributed by atoms with van der Waals surface area (Å²) in [5, 5.41) is 7.80. The Morgan fingerprint density at radius 1 is 1.00 bits per heavy atom. The Balaban J connectivity index is 1.47. The molecule has 0 saturated heterocycles. The van der Waals surface area contributed by atoms with Gasteiger partial charge in [-0.3, -0.25) is 9.59 Å². The molecule has 0 aliphatic heterocycles. The normalized spacial score (nSPS) is 11.4. The first-order valence-electron chi connectivity index (χ1n) is 8.98. The first-order valence-corrected chi connectivity index (χ1v) is 8.98. The zero-order chi connectivity index (χ0) is 20.2. The molecule has 0 aliphatic carbocycles. The van der Waals surface area contributed by atoms with Crippen molar-refractivity contribution in [3.05, 3.63) is 90.0 Å². The fraction of sp³-hybridized carbons (Fsp3) is 0.0455. The van der Waals surface area contributed by atoms with Gasteiger partial charge in [0.15, 0.2) is 5.76 Å². The Bertz CT molecular complexity index is 1210. The van der Waals surface area contributed by atoms with Crippen LogP contribution in [0.2, 0.25) is 0 Å². The minimum atomic E-state index is -0.339. The van der Waals surface area contributed by atoms with Crippen molar-refractivity contribution in [2.75, 3.05) is 5.32 Å². The van der Waals surface area contributed by atoms with E-state index in [4.69, 9.17) is 4.42 Å². The molecule has 29 heavy (non-hydrogen) atoms. The largest absolute Gasteiger partial charge is 0.459 e. The van der Waals surface area contributed by atoms with Crippen LogP contribution in [0.3, 0.4) is 0 Å². The predicted octanol–water partition coefficient (Wildman–Crippen LogP) is 4.17. The summed E-state index contributed by atoms with van der Waals surface area (Å²) in [6, 6.07) is 18.0. The summed E-state index contributed by atoms with van der Waals surface area (Å²) in [4.78, 5) is 27.7. The number of nitrogens with zero attached hydrogens (tertiary/aromatic N) is 1. The lowest BCUT2D eigenvalue weighted by atomic mass is 10.1. The Labute approximate surface area is 166 Å². The van der Waals surface area contributed by atoms with Gasteiger partial charge in [0.2, 0.25) is 0 Å². The Hall–Kier alpha value is -4.13. The fourth-order valence-electron chi connectivity index (χ4n) is 2.94. The topological polar surface area (TPSA) is 99.5 Å². The van der Waals surface area contributed by atoms with Crippen molar-refractivity contribution in [3.63, 3.8) is 0 Å². The van der Waals surface area contributed by atoms with Crippen LogP contribution in [-0.2, 0) is 0 Å². The van der Waals surface area contributed by atoms with Crippen molar-refractivity contribution < 1.29 is 14.0 Å². The molecule has 0 saturated carbocycles. The number of carbonyl (C=O) groups excluding carboxylic acids is 2. The van der Waals surface area contributed by atoms with Gasteiger partial charge in [0.1, 0.15) is 0 Å². The van der Waals surface area contributed by atoms with Crippen molar-refractivity contribution in [3.8, 4) is 0 Å². The van der Waals surface area contributed by atoms with E-state index in [0.29, 0.717) is 17.0 Å². The van der Waals surface area contributed by atoms with Gasteiger partial charge in [-0.1, -0.05) is 30.3 Å². The predicted molar refractivity (Wildman–Crippen MR) is 111 cm³/mol. The van der Waals surface area contributed by atoms with Crippen molar-refractivity contribution in [2.45, 2.75) is 6.92 Å². The number of aromatic amines is 1. The van der Waals surface area contributed by atoms with E-state index < -0.39 is 0 Å². The highest BCUT2D eigenvalue weighted by Gasteiger charge is 2.12. The van der Waals surface area contributed by atoms with Crippen LogP contribution in [0.4, 0.5) is 5.69 Å². The molecule has 0 fully saturated rings. The smallest absolute Gasteiger partial charge is 0.291 e. The minimum Gasteiger partial charge on any atom is -0.459 e. The second-order valence-electron chi connectivity index (χ2n) is 6.40. The van der Waals surface area contributed by atoms with Gasteiger partial charge in [-0.05, 0) is 42.8 Å². The summed E-state index contributed by atoms with van der Waals surface area (Å²) < 4.78 is 5.09. The summed E-state index contributed by atoms with van der Waals surface area (Å²) in [5.41, 5.74) is 5.96. The summed E-state index contributed by atoms with van der Waals surface area (Å²) in [6.07, 6.45) is 3.11. The van der Waals surface area contributed by atoms with Gasteiger partial charge in [0.25, 0.3) is 11.8 Å². The molecule has 144 valence electrons. The van der Waals surface area contributed by atoms with E-state index in [1.165, 1.54) is 6.26 Å². The molecule has 0 spiro atoms. The third-order valence-electron chi connectivity index (χ3n) is 4.44. The number of amides is 2. The van der Waals surface area contributed by atoms with Crippen LogP contribution in [0.1, 0.15) is 33.4 Å².